The molecule has 2 atom stereocenters. The second-order valence-corrected chi connectivity index (χ2v) is 7.43. The molecule has 21 heavy (non-hydrogen) atoms. The Labute approximate surface area is 129 Å². The summed E-state index contributed by atoms with van der Waals surface area (Å²) in [6, 6.07) is 4.53. The van der Waals surface area contributed by atoms with Crippen molar-refractivity contribution in [3.05, 3.63) is 24.0 Å². The Morgan fingerprint density at radius 3 is 2.86 bits per heavy atom. The van der Waals surface area contributed by atoms with Gasteiger partial charge < -0.3 is 10.1 Å². The number of rotatable bonds is 5. The first-order valence-corrected chi connectivity index (χ1v) is 8.15. The molecule has 0 saturated heterocycles. The molecule has 0 bridgehead atoms. The average molecular weight is 290 g/mol. The normalized spacial score (nSPS) is 25.0. The summed E-state index contributed by atoms with van der Waals surface area (Å²) in [6.45, 7) is 10.2. The van der Waals surface area contributed by atoms with Gasteiger partial charge in [0.15, 0.2) is 0 Å². The summed E-state index contributed by atoms with van der Waals surface area (Å²) in [5.74, 6) is 2.06. The SMILES string of the molecule is COc1cccnc1C1CC(C)(C)CCC1CNC(C)C. The summed E-state index contributed by atoms with van der Waals surface area (Å²) in [7, 11) is 1.75. The van der Waals surface area contributed by atoms with Crippen molar-refractivity contribution >= 4 is 0 Å². The molecule has 2 rings (SSSR count). The van der Waals surface area contributed by atoms with Crippen LogP contribution in [0.5, 0.6) is 5.75 Å². The molecule has 118 valence electrons. The number of methoxy groups -OCH3 is 1. The van der Waals surface area contributed by atoms with Crippen molar-refractivity contribution in [3.8, 4) is 5.75 Å². The van der Waals surface area contributed by atoms with Gasteiger partial charge in [0.2, 0.25) is 0 Å². The van der Waals surface area contributed by atoms with E-state index in [-0.39, 0.29) is 0 Å². The smallest absolute Gasteiger partial charge is 0.140 e. The highest BCUT2D eigenvalue weighted by Gasteiger charge is 2.37. The van der Waals surface area contributed by atoms with Gasteiger partial charge in [-0.1, -0.05) is 27.7 Å². The maximum atomic E-state index is 5.56. The Kier molecular flexibility index (Phi) is 5.26. The summed E-state index contributed by atoms with van der Waals surface area (Å²) >= 11 is 0. The van der Waals surface area contributed by atoms with Gasteiger partial charge in [-0.25, -0.2) is 0 Å². The Balaban J connectivity index is 2.24. The first-order chi connectivity index (χ1) is 9.93. The quantitative estimate of drug-likeness (QED) is 0.890. The second-order valence-electron chi connectivity index (χ2n) is 7.43. The molecule has 1 saturated carbocycles. The van der Waals surface area contributed by atoms with Crippen molar-refractivity contribution in [1.82, 2.24) is 10.3 Å². The first kappa shape index (κ1) is 16.3. The molecule has 0 radical (unpaired) electrons. The van der Waals surface area contributed by atoms with Crippen LogP contribution in [0.1, 0.15) is 58.6 Å². The summed E-state index contributed by atoms with van der Waals surface area (Å²) in [6.07, 6.45) is 5.64. The van der Waals surface area contributed by atoms with Gasteiger partial charge in [-0.3, -0.25) is 4.98 Å². The number of nitrogens with zero attached hydrogens (tertiary/aromatic N) is 1. The molecule has 1 N–H and O–H groups in total. The van der Waals surface area contributed by atoms with Gasteiger partial charge in [0.1, 0.15) is 5.75 Å². The van der Waals surface area contributed by atoms with E-state index < -0.39 is 0 Å². The van der Waals surface area contributed by atoms with E-state index in [9.17, 15) is 0 Å². The van der Waals surface area contributed by atoms with E-state index in [1.807, 2.05) is 18.3 Å². The number of nitrogens with one attached hydrogen (secondary N) is 1. The lowest BCUT2D eigenvalue weighted by molar-refractivity contribution is 0.154. The summed E-state index contributed by atoms with van der Waals surface area (Å²) in [4.78, 5) is 4.66. The molecule has 3 nitrogen and oxygen atoms in total. The largest absolute Gasteiger partial charge is 0.495 e. The molecule has 1 fully saturated rings. The predicted molar refractivity (Wildman–Crippen MR) is 87.8 cm³/mol. The van der Waals surface area contributed by atoms with Gasteiger partial charge >= 0.3 is 0 Å². The molecule has 0 aromatic carbocycles. The van der Waals surface area contributed by atoms with Gasteiger partial charge in [0.05, 0.1) is 12.8 Å². The molecule has 0 amide bonds. The third-order valence-corrected chi connectivity index (χ3v) is 4.69. The molecular weight excluding hydrogens is 260 g/mol. The van der Waals surface area contributed by atoms with Crippen LogP contribution in [-0.2, 0) is 0 Å². The molecule has 3 heteroatoms. The van der Waals surface area contributed by atoms with Crippen molar-refractivity contribution in [3.63, 3.8) is 0 Å². The van der Waals surface area contributed by atoms with E-state index in [1.54, 1.807) is 7.11 Å². The van der Waals surface area contributed by atoms with Crippen LogP contribution >= 0.6 is 0 Å². The van der Waals surface area contributed by atoms with Crippen molar-refractivity contribution in [1.29, 1.82) is 0 Å². The molecule has 0 aliphatic heterocycles. The fourth-order valence-corrected chi connectivity index (χ4v) is 3.45. The van der Waals surface area contributed by atoms with Gasteiger partial charge in [-0.15, -0.1) is 0 Å². The lowest BCUT2D eigenvalue weighted by atomic mass is 9.66. The fraction of sp³-hybridized carbons (Fsp3) is 0.722. The zero-order valence-corrected chi connectivity index (χ0v) is 14.1. The average Bonchev–Trinajstić information content (AvgIpc) is 2.45. The van der Waals surface area contributed by atoms with Crippen LogP contribution < -0.4 is 10.1 Å². The van der Waals surface area contributed by atoms with Crippen molar-refractivity contribution < 1.29 is 4.74 Å². The lowest BCUT2D eigenvalue weighted by Gasteiger charge is -2.41. The van der Waals surface area contributed by atoms with Gasteiger partial charge in [0, 0.05) is 18.2 Å². The van der Waals surface area contributed by atoms with Crippen LogP contribution in [0, 0.1) is 11.3 Å². The number of hydrogen-bond donors (Lipinski definition) is 1. The lowest BCUT2D eigenvalue weighted by Crippen LogP contribution is -2.37. The number of aromatic nitrogens is 1. The van der Waals surface area contributed by atoms with Crippen LogP contribution in [0.25, 0.3) is 0 Å². The number of hydrogen-bond acceptors (Lipinski definition) is 3. The minimum Gasteiger partial charge on any atom is -0.495 e. The summed E-state index contributed by atoms with van der Waals surface area (Å²) < 4.78 is 5.56. The first-order valence-electron chi connectivity index (χ1n) is 8.15. The Morgan fingerprint density at radius 2 is 2.19 bits per heavy atom. The van der Waals surface area contributed by atoms with E-state index in [1.165, 1.54) is 19.3 Å². The number of ether oxygens (including phenoxy) is 1. The molecule has 1 aromatic heterocycles. The Morgan fingerprint density at radius 1 is 1.43 bits per heavy atom. The maximum absolute atomic E-state index is 5.56. The highest BCUT2D eigenvalue weighted by atomic mass is 16.5. The van der Waals surface area contributed by atoms with Crippen molar-refractivity contribution in [2.24, 2.45) is 11.3 Å². The summed E-state index contributed by atoms with van der Waals surface area (Å²) in [5.41, 5.74) is 1.53. The van der Waals surface area contributed by atoms with E-state index in [0.717, 1.165) is 18.0 Å². The monoisotopic (exact) mass is 290 g/mol. The van der Waals surface area contributed by atoms with E-state index in [4.69, 9.17) is 4.74 Å². The standard InChI is InChI=1S/C18H30N2O/c1-13(2)20-12-14-8-9-18(3,4)11-15(14)17-16(21-5)7-6-10-19-17/h6-7,10,13-15,20H,8-9,11-12H2,1-5H3. The van der Waals surface area contributed by atoms with E-state index in [0.29, 0.717) is 23.3 Å². The van der Waals surface area contributed by atoms with Crippen molar-refractivity contribution in [2.45, 2.75) is 58.9 Å². The Hall–Kier alpha value is -1.09. The van der Waals surface area contributed by atoms with Crippen LogP contribution in [0.3, 0.4) is 0 Å². The molecule has 1 heterocycles. The predicted octanol–water partition coefficient (Wildman–Crippen LogP) is 4.00. The Bertz CT molecular complexity index is 454. The minimum atomic E-state index is 0.390. The molecular formula is C18H30N2O. The maximum Gasteiger partial charge on any atom is 0.140 e. The van der Waals surface area contributed by atoms with E-state index >= 15 is 0 Å². The third kappa shape index (κ3) is 4.19. The summed E-state index contributed by atoms with van der Waals surface area (Å²) in [5, 5.41) is 3.61. The van der Waals surface area contributed by atoms with Crippen LogP contribution in [0.4, 0.5) is 0 Å². The highest BCUT2D eigenvalue weighted by Crippen LogP contribution is 2.47. The fourth-order valence-electron chi connectivity index (χ4n) is 3.45. The molecule has 0 spiro atoms. The van der Waals surface area contributed by atoms with Gasteiger partial charge in [0.25, 0.3) is 0 Å². The third-order valence-electron chi connectivity index (χ3n) is 4.69. The van der Waals surface area contributed by atoms with Gasteiger partial charge in [-0.2, -0.15) is 0 Å². The highest BCUT2D eigenvalue weighted by molar-refractivity contribution is 5.31. The van der Waals surface area contributed by atoms with Crippen LogP contribution in [-0.4, -0.2) is 24.7 Å². The second kappa shape index (κ2) is 6.78. The molecule has 1 aromatic rings. The molecule has 1 aliphatic rings. The minimum absolute atomic E-state index is 0.390. The van der Waals surface area contributed by atoms with Gasteiger partial charge in [-0.05, 0) is 49.3 Å². The van der Waals surface area contributed by atoms with Crippen LogP contribution in [0.2, 0.25) is 0 Å². The number of pyridine rings is 1. The molecule has 2 unspecified atom stereocenters. The van der Waals surface area contributed by atoms with Crippen molar-refractivity contribution in [2.75, 3.05) is 13.7 Å². The zero-order valence-electron chi connectivity index (χ0n) is 14.1. The zero-order chi connectivity index (χ0) is 15.5. The van der Waals surface area contributed by atoms with Crippen LogP contribution in [0.15, 0.2) is 18.3 Å². The topological polar surface area (TPSA) is 34.1 Å². The van der Waals surface area contributed by atoms with E-state index in [2.05, 4.69) is 38.0 Å². The molecule has 1 aliphatic carbocycles.